The second-order valence-corrected chi connectivity index (χ2v) is 7.29. The number of nitrogens with two attached hydrogens (primary N) is 1. The zero-order valence-corrected chi connectivity index (χ0v) is 16.4. The number of hydrogen-bond donors (Lipinski definition) is 3. The van der Waals surface area contributed by atoms with Crippen molar-refractivity contribution in [2.45, 2.75) is 6.54 Å². The fraction of sp³-hybridized carbons (Fsp3) is 0.0870. The lowest BCUT2D eigenvalue weighted by molar-refractivity contribution is 0.916. The Morgan fingerprint density at radius 2 is 1.90 bits per heavy atom. The Kier molecular flexibility index (Phi) is 4.21. The van der Waals surface area contributed by atoms with Gasteiger partial charge in [-0.15, -0.1) is 0 Å². The molecule has 0 saturated heterocycles. The summed E-state index contributed by atoms with van der Waals surface area (Å²) in [6.45, 7) is 0.734. The van der Waals surface area contributed by atoms with Crippen LogP contribution in [0.3, 0.4) is 0 Å². The first-order valence-corrected chi connectivity index (χ1v) is 9.61. The highest BCUT2D eigenvalue weighted by atomic mass is 16.1. The van der Waals surface area contributed by atoms with E-state index in [-0.39, 0.29) is 5.56 Å². The number of imidazole rings is 1. The Morgan fingerprint density at radius 1 is 1.03 bits per heavy atom. The lowest BCUT2D eigenvalue weighted by atomic mass is 10.1. The topological polar surface area (TPSA) is 104 Å². The van der Waals surface area contributed by atoms with Gasteiger partial charge in [0.15, 0.2) is 0 Å². The highest BCUT2D eigenvalue weighted by molar-refractivity contribution is 5.97. The molecule has 0 saturated carbocycles. The molecule has 30 heavy (non-hydrogen) atoms. The average molecular weight is 396 g/mol. The highest BCUT2D eigenvalue weighted by Gasteiger charge is 2.16. The molecule has 0 spiro atoms. The molecule has 0 atom stereocenters. The third kappa shape index (κ3) is 3.06. The van der Waals surface area contributed by atoms with Crippen LogP contribution in [0.15, 0.2) is 71.8 Å². The van der Waals surface area contributed by atoms with Crippen molar-refractivity contribution in [2.24, 2.45) is 0 Å². The van der Waals surface area contributed by atoms with Gasteiger partial charge in [-0.25, -0.2) is 4.98 Å². The molecule has 0 aliphatic carbocycles. The van der Waals surface area contributed by atoms with Crippen LogP contribution in [0.2, 0.25) is 0 Å². The van der Waals surface area contributed by atoms with Gasteiger partial charge in [-0.2, -0.15) is 0 Å². The maximum Gasteiger partial charge on any atom is 0.261 e. The molecule has 5 rings (SSSR count). The maximum absolute atomic E-state index is 12.7. The second-order valence-electron chi connectivity index (χ2n) is 7.29. The standard InChI is InChI=1S/C23H20N6O/c1-29(13-14-5-4-10-25-12-14)15-8-9-18-19(11-15)27-22(26-18)20-21(24)16-6-2-3-7-17(16)28-23(20)30/h2-12H,13H2,1H3,(H,26,27)(H3,24,28,30). The summed E-state index contributed by atoms with van der Waals surface area (Å²) in [6, 6.07) is 17.4. The van der Waals surface area contributed by atoms with Gasteiger partial charge in [-0.3, -0.25) is 9.78 Å². The number of hydrogen-bond acceptors (Lipinski definition) is 5. The van der Waals surface area contributed by atoms with Crippen LogP contribution < -0.4 is 16.2 Å². The zero-order chi connectivity index (χ0) is 20.7. The number of benzene rings is 2. The van der Waals surface area contributed by atoms with Crippen LogP contribution in [0.5, 0.6) is 0 Å². The first-order chi connectivity index (χ1) is 14.6. The van der Waals surface area contributed by atoms with Crippen LogP contribution in [0.1, 0.15) is 5.56 Å². The molecule has 3 aromatic heterocycles. The Morgan fingerprint density at radius 3 is 2.73 bits per heavy atom. The van der Waals surface area contributed by atoms with E-state index in [2.05, 4.69) is 24.8 Å². The van der Waals surface area contributed by atoms with Gasteiger partial charge < -0.3 is 20.6 Å². The molecular formula is C23H20N6O. The van der Waals surface area contributed by atoms with Crippen molar-refractivity contribution in [1.29, 1.82) is 0 Å². The number of nitrogens with one attached hydrogen (secondary N) is 2. The molecule has 0 fully saturated rings. The Balaban J connectivity index is 1.55. The lowest BCUT2D eigenvalue weighted by Crippen LogP contribution is -2.16. The summed E-state index contributed by atoms with van der Waals surface area (Å²) < 4.78 is 0. The van der Waals surface area contributed by atoms with E-state index in [1.165, 1.54) is 0 Å². The number of aromatic amines is 2. The normalized spacial score (nSPS) is 11.2. The number of pyridine rings is 2. The molecule has 0 aliphatic heterocycles. The van der Waals surface area contributed by atoms with Crippen molar-refractivity contribution in [2.75, 3.05) is 17.7 Å². The van der Waals surface area contributed by atoms with Crippen LogP contribution in [0.25, 0.3) is 33.3 Å². The number of nitrogens with zero attached hydrogens (tertiary/aromatic N) is 3. The monoisotopic (exact) mass is 396 g/mol. The molecule has 7 heteroatoms. The molecule has 2 aromatic carbocycles. The third-order valence-corrected chi connectivity index (χ3v) is 5.25. The number of nitrogen functional groups attached to an aromatic ring is 1. The van der Waals surface area contributed by atoms with Gasteiger partial charge in [0.05, 0.1) is 22.2 Å². The van der Waals surface area contributed by atoms with Crippen LogP contribution in [-0.2, 0) is 6.54 Å². The number of H-pyrrole nitrogens is 2. The van der Waals surface area contributed by atoms with E-state index in [4.69, 9.17) is 5.73 Å². The number of para-hydroxylation sites is 1. The van der Waals surface area contributed by atoms with E-state index in [9.17, 15) is 4.79 Å². The number of aromatic nitrogens is 4. The maximum atomic E-state index is 12.7. The van der Waals surface area contributed by atoms with E-state index in [1.807, 2.05) is 67.8 Å². The third-order valence-electron chi connectivity index (χ3n) is 5.25. The molecule has 0 unspecified atom stereocenters. The van der Waals surface area contributed by atoms with Crippen molar-refractivity contribution in [3.63, 3.8) is 0 Å². The summed E-state index contributed by atoms with van der Waals surface area (Å²) in [5.41, 5.74) is 11.3. The first-order valence-electron chi connectivity index (χ1n) is 9.61. The quantitative estimate of drug-likeness (QED) is 0.430. The molecule has 0 bridgehead atoms. The smallest absolute Gasteiger partial charge is 0.261 e. The van der Waals surface area contributed by atoms with E-state index in [0.717, 1.165) is 34.2 Å². The SMILES string of the molecule is CN(Cc1cccnc1)c1ccc2nc(-c3c(N)c4ccccc4[nH]c3=O)[nH]c2c1. The molecule has 0 amide bonds. The Hall–Kier alpha value is -4.13. The fourth-order valence-electron chi connectivity index (χ4n) is 3.71. The summed E-state index contributed by atoms with van der Waals surface area (Å²) in [5.74, 6) is 0.460. The van der Waals surface area contributed by atoms with Crippen molar-refractivity contribution in [3.05, 3.63) is 82.9 Å². The molecule has 148 valence electrons. The lowest BCUT2D eigenvalue weighted by Gasteiger charge is -2.19. The number of fused-ring (bicyclic) bond motifs is 2. The molecule has 5 aromatic rings. The average Bonchev–Trinajstić information content (AvgIpc) is 3.17. The van der Waals surface area contributed by atoms with Gasteiger partial charge in [0, 0.05) is 37.1 Å². The van der Waals surface area contributed by atoms with Crippen LogP contribution in [0, 0.1) is 0 Å². The van der Waals surface area contributed by atoms with Crippen LogP contribution in [-0.4, -0.2) is 27.0 Å². The van der Waals surface area contributed by atoms with E-state index in [0.29, 0.717) is 22.6 Å². The summed E-state index contributed by atoms with van der Waals surface area (Å²) in [5, 5.41) is 0.796. The largest absolute Gasteiger partial charge is 0.397 e. The van der Waals surface area contributed by atoms with Crippen molar-refractivity contribution in [1.82, 2.24) is 19.9 Å². The Labute approximate surface area is 172 Å². The minimum Gasteiger partial charge on any atom is -0.397 e. The number of rotatable bonds is 4. The molecule has 4 N–H and O–H groups in total. The zero-order valence-electron chi connectivity index (χ0n) is 16.4. The van der Waals surface area contributed by atoms with Gasteiger partial charge in [0.2, 0.25) is 0 Å². The predicted octanol–water partition coefficient (Wildman–Crippen LogP) is 3.69. The summed E-state index contributed by atoms with van der Waals surface area (Å²) in [6.07, 6.45) is 3.62. The van der Waals surface area contributed by atoms with E-state index in [1.54, 1.807) is 6.20 Å². The van der Waals surface area contributed by atoms with Crippen molar-refractivity contribution < 1.29 is 0 Å². The molecular weight excluding hydrogens is 376 g/mol. The van der Waals surface area contributed by atoms with Gasteiger partial charge in [-0.05, 0) is 35.9 Å². The molecule has 0 radical (unpaired) electrons. The number of anilines is 2. The predicted molar refractivity (Wildman–Crippen MR) is 120 cm³/mol. The van der Waals surface area contributed by atoms with E-state index < -0.39 is 0 Å². The van der Waals surface area contributed by atoms with E-state index >= 15 is 0 Å². The fourth-order valence-corrected chi connectivity index (χ4v) is 3.71. The minimum atomic E-state index is -0.265. The molecule has 7 nitrogen and oxygen atoms in total. The van der Waals surface area contributed by atoms with Crippen molar-refractivity contribution in [3.8, 4) is 11.4 Å². The van der Waals surface area contributed by atoms with Gasteiger partial charge in [-0.1, -0.05) is 24.3 Å². The molecule has 3 heterocycles. The van der Waals surface area contributed by atoms with Gasteiger partial charge >= 0.3 is 0 Å². The summed E-state index contributed by atoms with van der Waals surface area (Å²) in [4.78, 5) is 29.8. The van der Waals surface area contributed by atoms with Gasteiger partial charge in [0.1, 0.15) is 11.4 Å². The van der Waals surface area contributed by atoms with Crippen LogP contribution in [0.4, 0.5) is 11.4 Å². The van der Waals surface area contributed by atoms with Crippen molar-refractivity contribution >= 4 is 33.3 Å². The highest BCUT2D eigenvalue weighted by Crippen LogP contribution is 2.29. The minimum absolute atomic E-state index is 0.265. The van der Waals surface area contributed by atoms with Crippen LogP contribution >= 0.6 is 0 Å². The summed E-state index contributed by atoms with van der Waals surface area (Å²) in [7, 11) is 2.03. The second kappa shape index (κ2) is 7.04. The molecule has 0 aliphatic rings. The Bertz CT molecular complexity index is 1420. The summed E-state index contributed by atoms with van der Waals surface area (Å²) >= 11 is 0. The van der Waals surface area contributed by atoms with Gasteiger partial charge in [0.25, 0.3) is 5.56 Å². The first kappa shape index (κ1) is 17.9.